The summed E-state index contributed by atoms with van der Waals surface area (Å²) < 4.78 is 7.42. The Balaban J connectivity index is 2.55. The van der Waals surface area contributed by atoms with Crippen molar-refractivity contribution >= 4 is 45.3 Å². The molecule has 1 nitrogen and oxygen atoms in total. The van der Waals surface area contributed by atoms with E-state index in [0.29, 0.717) is 5.66 Å². The Morgan fingerprint density at radius 2 is 1.57 bits per heavy atom. The molecule has 1 aliphatic rings. The summed E-state index contributed by atoms with van der Waals surface area (Å²) >= 11 is -1.16. The molecule has 21 heavy (non-hydrogen) atoms. The Morgan fingerprint density at radius 3 is 2.00 bits per heavy atom. The van der Waals surface area contributed by atoms with Gasteiger partial charge in [0.25, 0.3) is 0 Å². The maximum absolute atomic E-state index is 6.37. The zero-order chi connectivity index (χ0) is 16.1. The van der Waals surface area contributed by atoms with E-state index in [0.717, 1.165) is 15.9 Å². The summed E-state index contributed by atoms with van der Waals surface area (Å²) in [6, 6.07) is 0. The van der Waals surface area contributed by atoms with E-state index in [9.17, 15) is 0 Å². The van der Waals surface area contributed by atoms with Gasteiger partial charge in [0.15, 0.2) is 0 Å². The molecule has 1 aliphatic carbocycles. The Morgan fingerprint density at radius 1 is 1.05 bits per heavy atom. The summed E-state index contributed by atoms with van der Waals surface area (Å²) in [5.74, 6) is 16.7. The monoisotopic (exact) mass is 452 g/mol. The van der Waals surface area contributed by atoms with Gasteiger partial charge in [-0.1, -0.05) is 0 Å². The molecule has 0 bridgehead atoms. The molecule has 5 heteroatoms. The van der Waals surface area contributed by atoms with Crippen LogP contribution >= 0.6 is 18.7 Å². The van der Waals surface area contributed by atoms with Crippen LogP contribution in [0.25, 0.3) is 0 Å². The molecular formula is C16H33Ge2OPS. The van der Waals surface area contributed by atoms with Crippen LogP contribution in [0.2, 0.25) is 38.1 Å². The second kappa shape index (κ2) is 8.96. The predicted octanol–water partition coefficient (Wildman–Crippen LogP) is 6.54. The van der Waals surface area contributed by atoms with Gasteiger partial charge in [-0.2, -0.15) is 0 Å². The van der Waals surface area contributed by atoms with Gasteiger partial charge < -0.3 is 0 Å². The van der Waals surface area contributed by atoms with E-state index in [2.05, 4.69) is 65.8 Å². The van der Waals surface area contributed by atoms with Crippen LogP contribution in [-0.2, 0) is 4.52 Å². The van der Waals surface area contributed by atoms with Crippen molar-refractivity contribution in [2.75, 3.05) is 12.4 Å². The second-order valence-corrected chi connectivity index (χ2v) is 37.3. The van der Waals surface area contributed by atoms with E-state index in [1.165, 1.54) is 6.42 Å². The van der Waals surface area contributed by atoms with Crippen LogP contribution in [0.5, 0.6) is 0 Å². The van der Waals surface area contributed by atoms with Crippen molar-refractivity contribution in [2.45, 2.75) is 57.1 Å². The molecule has 122 valence electrons. The third-order valence-corrected chi connectivity index (χ3v) is 37.2. The van der Waals surface area contributed by atoms with Crippen LogP contribution in [0.1, 0.15) is 13.3 Å². The van der Waals surface area contributed by atoms with Gasteiger partial charge in [-0.25, -0.2) is 0 Å². The zero-order valence-corrected chi connectivity index (χ0v) is 20.8. The van der Waals surface area contributed by atoms with Crippen molar-refractivity contribution in [1.82, 2.24) is 0 Å². The molecule has 0 aromatic heterocycles. The second-order valence-electron chi connectivity index (χ2n) is 7.87. The fraction of sp³-hybridized carbons (Fsp3) is 0.750. The fourth-order valence-corrected chi connectivity index (χ4v) is 44.8. The van der Waals surface area contributed by atoms with Gasteiger partial charge in [0.05, 0.1) is 0 Å². The average molecular weight is 450 g/mol. The Bertz CT molecular complexity index is 345. The third-order valence-electron chi connectivity index (χ3n) is 3.94. The topological polar surface area (TPSA) is 9.23 Å². The van der Waals surface area contributed by atoms with Crippen LogP contribution in [0, 0.1) is 0 Å². The molecule has 0 fully saturated rings. The predicted molar refractivity (Wildman–Crippen MR) is 108 cm³/mol. The first kappa shape index (κ1) is 20.4. The van der Waals surface area contributed by atoms with E-state index in [-0.39, 0.29) is 7.35 Å². The van der Waals surface area contributed by atoms with Crippen LogP contribution in [0.3, 0.4) is 0 Å². The fourth-order valence-electron chi connectivity index (χ4n) is 3.32. The summed E-state index contributed by atoms with van der Waals surface area (Å²) in [5, 5.41) is 0. The van der Waals surface area contributed by atoms with Gasteiger partial charge in [-0.15, -0.1) is 0 Å². The van der Waals surface area contributed by atoms with Crippen molar-refractivity contribution in [2.24, 2.45) is 0 Å². The molecule has 0 heterocycles. The van der Waals surface area contributed by atoms with Gasteiger partial charge in [0, 0.05) is 0 Å². The molecule has 0 aromatic rings. The summed E-state index contributed by atoms with van der Waals surface area (Å²) in [7, 11) is -0.380. The van der Waals surface area contributed by atoms with Gasteiger partial charge in [-0.05, 0) is 0 Å². The Kier molecular flexibility index (Phi) is 8.69. The quantitative estimate of drug-likeness (QED) is 0.292. The number of hydrogen-bond acceptors (Lipinski definition) is 2. The molecule has 1 unspecified atom stereocenters. The van der Waals surface area contributed by atoms with Crippen LogP contribution in [0.15, 0.2) is 24.3 Å². The minimum absolute atomic E-state index is 0.380. The average Bonchev–Trinajstić information content (AvgIpc) is 2.83. The Hall–Kier alpha value is 1.31. The van der Waals surface area contributed by atoms with Gasteiger partial charge >= 0.3 is 144 Å². The van der Waals surface area contributed by atoms with E-state index < -0.39 is 26.5 Å². The molecule has 0 amide bonds. The van der Waals surface area contributed by atoms with Crippen molar-refractivity contribution < 1.29 is 4.52 Å². The standard InChI is InChI=1S/C16H33Ge2OPS/c1-8-21-20(15-11-9-10-12-15)19-14-13-16(17(2,3)4)18(5,6)7/h9-12,15-16H,8,13-14H2,1-7H3. The molecule has 0 spiro atoms. The van der Waals surface area contributed by atoms with Gasteiger partial charge in [-0.3, -0.25) is 0 Å². The zero-order valence-electron chi connectivity index (χ0n) is 14.8. The Labute approximate surface area is 143 Å². The molecular weight excluding hydrogens is 416 g/mol. The molecule has 0 saturated carbocycles. The van der Waals surface area contributed by atoms with Crippen LogP contribution < -0.4 is 0 Å². The third kappa shape index (κ3) is 7.16. The minimum atomic E-state index is -1.59. The van der Waals surface area contributed by atoms with E-state index >= 15 is 0 Å². The van der Waals surface area contributed by atoms with Crippen molar-refractivity contribution in [1.29, 1.82) is 0 Å². The number of allylic oxidation sites excluding steroid dienone is 4. The van der Waals surface area contributed by atoms with E-state index in [4.69, 9.17) is 4.52 Å². The van der Waals surface area contributed by atoms with Crippen molar-refractivity contribution in [3.8, 4) is 0 Å². The number of rotatable bonds is 9. The first-order valence-corrected chi connectivity index (χ1v) is 26.0. The first-order valence-electron chi connectivity index (χ1n) is 8.06. The summed E-state index contributed by atoms with van der Waals surface area (Å²) in [6.07, 6.45) is 10.2. The van der Waals surface area contributed by atoms with Crippen molar-refractivity contribution in [3.63, 3.8) is 0 Å². The molecule has 0 saturated heterocycles. The number of hydrogen-bond donors (Lipinski definition) is 0. The van der Waals surface area contributed by atoms with Crippen LogP contribution in [-0.4, -0.2) is 44.6 Å². The molecule has 0 radical (unpaired) electrons. The van der Waals surface area contributed by atoms with E-state index in [1.54, 1.807) is 0 Å². The molecule has 0 aromatic carbocycles. The SMILES string of the molecule is CCSP(OCC[CH]([Ge]([CH3])([CH3])[CH3])[Ge]([CH3])([CH3])[CH3])C1C=CC=C1. The van der Waals surface area contributed by atoms with E-state index in [1.807, 2.05) is 11.4 Å². The molecule has 0 N–H and O–H groups in total. The van der Waals surface area contributed by atoms with Gasteiger partial charge in [0.1, 0.15) is 0 Å². The van der Waals surface area contributed by atoms with Crippen molar-refractivity contribution in [3.05, 3.63) is 24.3 Å². The molecule has 1 rings (SSSR count). The first-order chi connectivity index (χ1) is 9.66. The summed E-state index contributed by atoms with van der Waals surface area (Å²) in [4.78, 5) is 0. The van der Waals surface area contributed by atoms with Gasteiger partial charge in [0.2, 0.25) is 0 Å². The normalized spacial score (nSPS) is 17.9. The maximum atomic E-state index is 6.37. The summed E-state index contributed by atoms with van der Waals surface area (Å²) in [6.45, 7) is 3.22. The molecule has 1 atom stereocenters. The molecule has 0 aliphatic heterocycles. The van der Waals surface area contributed by atoms with Crippen LogP contribution in [0.4, 0.5) is 0 Å². The summed E-state index contributed by atoms with van der Waals surface area (Å²) in [5.41, 5.74) is 0.538.